The Labute approximate surface area is 401 Å². The number of hydroxylamine groups is 2. The zero-order valence-electron chi connectivity index (χ0n) is 38.3. The van der Waals surface area contributed by atoms with Gasteiger partial charge in [0.2, 0.25) is 0 Å². The number of carbonyl (C=O) groups is 5. The summed E-state index contributed by atoms with van der Waals surface area (Å²) in [7, 11) is -5.12. The molecule has 69 heavy (non-hydrogen) atoms. The van der Waals surface area contributed by atoms with Gasteiger partial charge in [0.05, 0.1) is 5.54 Å². The van der Waals surface area contributed by atoms with Gasteiger partial charge >= 0.3 is 28.6 Å². The number of rotatable bonds is 17. The molecule has 0 spiro atoms. The van der Waals surface area contributed by atoms with Gasteiger partial charge in [0.25, 0.3) is 17.9 Å². The molecule has 368 valence electrons. The van der Waals surface area contributed by atoms with Gasteiger partial charge in [-0.05, 0) is 89.8 Å². The Balaban J connectivity index is 1.30. The van der Waals surface area contributed by atoms with E-state index in [4.69, 9.17) is 24.5 Å². The largest absolute Gasteiger partial charge is 0.489 e. The van der Waals surface area contributed by atoms with Crippen LogP contribution in [-0.2, 0) is 43.4 Å². The third-order valence-corrected chi connectivity index (χ3v) is 11.8. The van der Waals surface area contributed by atoms with Crippen LogP contribution in [0.4, 0.5) is 14.7 Å². The summed E-state index contributed by atoms with van der Waals surface area (Å²) in [6.45, 7) is 9.37. The first-order valence-corrected chi connectivity index (χ1v) is 23.6. The number of aryl methyl sites for hydroxylation is 1. The lowest BCUT2D eigenvalue weighted by Gasteiger charge is -2.50. The fourth-order valence-corrected chi connectivity index (χ4v) is 8.35. The Morgan fingerprint density at radius 2 is 1.55 bits per heavy atom. The number of piperidine rings is 1. The molecule has 2 aliphatic rings. The molecule has 0 aliphatic carbocycles. The molecule has 4 amide bonds. The summed E-state index contributed by atoms with van der Waals surface area (Å²) in [6, 6.07) is 22.6. The highest BCUT2D eigenvalue weighted by Crippen LogP contribution is 2.34. The lowest BCUT2D eigenvalue weighted by atomic mass is 9.84. The van der Waals surface area contributed by atoms with Crippen LogP contribution in [0.2, 0.25) is 0 Å². The average Bonchev–Trinajstić information content (AvgIpc) is 3.65. The molecule has 6 N–H and O–H groups in total. The Bertz CT molecular complexity index is 2630. The summed E-state index contributed by atoms with van der Waals surface area (Å²) in [4.78, 5) is 77.7. The second kappa shape index (κ2) is 21.4. The van der Waals surface area contributed by atoms with Crippen LogP contribution in [0.25, 0.3) is 0 Å². The number of aromatic nitrogens is 1. The number of nitrogens with one attached hydrogen (secondary N) is 4. The minimum absolute atomic E-state index is 0.0202. The molecule has 22 nitrogen and oxygen atoms in total. The van der Waals surface area contributed by atoms with Gasteiger partial charge in [0, 0.05) is 29.6 Å². The lowest BCUT2D eigenvalue weighted by Crippen LogP contribution is -2.76. The highest BCUT2D eigenvalue weighted by Gasteiger charge is 2.58. The van der Waals surface area contributed by atoms with Gasteiger partial charge < -0.3 is 39.7 Å². The smallest absolute Gasteiger partial charge is 0.418 e. The van der Waals surface area contributed by atoms with E-state index in [0.717, 1.165) is 11.3 Å². The maximum absolute atomic E-state index is 14.4. The number of hydrogen-bond acceptors (Lipinski definition) is 16. The van der Waals surface area contributed by atoms with E-state index < -0.39 is 82.1 Å². The molecule has 1 aromatic heterocycles. The number of carboxylic acid groups (broad SMARTS) is 1. The van der Waals surface area contributed by atoms with Crippen molar-refractivity contribution in [2.45, 2.75) is 89.8 Å². The first kappa shape index (κ1) is 51.2. The zero-order valence-corrected chi connectivity index (χ0v) is 40.0. The van der Waals surface area contributed by atoms with Crippen LogP contribution >= 0.6 is 11.3 Å². The van der Waals surface area contributed by atoms with Crippen LogP contribution in [0.1, 0.15) is 80.8 Å². The molecule has 2 fully saturated rings. The number of hydrogen-bond donors (Lipinski definition) is 6. The highest BCUT2D eigenvalue weighted by atomic mass is 32.3. The van der Waals surface area contributed by atoms with Crippen LogP contribution in [-0.4, -0.2) is 124 Å². The molecule has 2 saturated heterocycles. The van der Waals surface area contributed by atoms with Gasteiger partial charge in [-0.15, -0.1) is 15.6 Å². The number of benzene rings is 3. The van der Waals surface area contributed by atoms with E-state index in [2.05, 4.69) is 30.4 Å². The Hall–Kier alpha value is -7.15. The molecule has 4 aromatic rings. The molecule has 0 radical (unpaired) electrons. The number of amides is 4. The summed E-state index contributed by atoms with van der Waals surface area (Å²) < 4.78 is 54.2. The summed E-state index contributed by atoms with van der Waals surface area (Å²) in [5, 5.41) is 30.5. The monoisotopic (exact) mass is 992 g/mol. The summed E-state index contributed by atoms with van der Waals surface area (Å²) in [5.74, 6) is -2.77. The fourth-order valence-electron chi connectivity index (χ4n) is 7.10. The van der Waals surface area contributed by atoms with E-state index in [9.17, 15) is 42.0 Å². The normalized spacial score (nSPS) is 16.7. The second-order valence-corrected chi connectivity index (χ2v) is 19.5. The summed E-state index contributed by atoms with van der Waals surface area (Å²) >= 11 is 0.937. The van der Waals surface area contributed by atoms with E-state index in [1.54, 1.807) is 113 Å². The van der Waals surface area contributed by atoms with Gasteiger partial charge in [-0.25, -0.2) is 19.4 Å². The van der Waals surface area contributed by atoms with E-state index in [-0.39, 0.29) is 28.5 Å². The fraction of sp³-hybridized carbons (Fsp3) is 0.378. The third-order valence-electron chi connectivity index (χ3n) is 10.6. The third kappa shape index (κ3) is 13.5. The van der Waals surface area contributed by atoms with Crippen LogP contribution in [0.15, 0.2) is 90.1 Å². The molecule has 0 saturated carbocycles. The number of esters is 1. The first-order chi connectivity index (χ1) is 32.5. The quantitative estimate of drug-likeness (QED) is 0.0198. The number of amidine groups is 1. The second-order valence-electron chi connectivity index (χ2n) is 17.3. The SMILES string of the molecule is Cc1sc(NC(=O)OC(C)(C)C)nc1C(=NOC(COc1ccc(C(=N)NC2CCN(C(=O)O)CC2)cc1)C(=O)OC(c1ccccc1)c1ccccc1)C(=O)NC1C(=O)N(OS(=O)(=O)O)C1(C)C. The predicted molar refractivity (Wildman–Crippen MR) is 249 cm³/mol. The number of ether oxygens (including phenoxy) is 3. The molecule has 6 rings (SSSR count). The summed E-state index contributed by atoms with van der Waals surface area (Å²) in [6.07, 6.45) is -3.44. The van der Waals surface area contributed by atoms with E-state index in [1.807, 2.05) is 0 Å². The number of β-lactam (4-membered cyclic amide) rings is 1. The van der Waals surface area contributed by atoms with Crippen molar-refractivity contribution >= 4 is 68.4 Å². The standard InChI is InChI=1S/C45H52N8O14S2/c1-26-33(48-41(68-26)50-42(57)65-44(2,3)4)34(38(54)49-36-39(55)53(45(36,5)6)67-69(60,61)62)51-66-32(40(56)64-35(27-13-9-7-10-14-27)28-15-11-8-12-16-28)25-63-31-19-17-29(18-20-31)37(46)47-30-21-23-52(24-22-30)43(58)59/h7-20,30,32,35-36H,21-25H2,1-6H3,(H2,46,47)(H,49,54)(H,58,59)(H,48,50,57)(H,60,61,62). The molecule has 2 unspecified atom stereocenters. The highest BCUT2D eigenvalue weighted by molar-refractivity contribution is 7.80. The van der Waals surface area contributed by atoms with Gasteiger partial charge in [0.15, 0.2) is 16.9 Å². The number of anilines is 1. The van der Waals surface area contributed by atoms with E-state index in [1.165, 1.54) is 18.7 Å². The van der Waals surface area contributed by atoms with Crippen LogP contribution in [0, 0.1) is 12.3 Å². The van der Waals surface area contributed by atoms with Crippen LogP contribution in [0.3, 0.4) is 0 Å². The number of oxime groups is 1. The van der Waals surface area contributed by atoms with Gasteiger partial charge in [-0.3, -0.25) is 24.9 Å². The minimum Gasteiger partial charge on any atom is -0.489 e. The molecule has 2 aliphatic heterocycles. The Morgan fingerprint density at radius 1 is 0.957 bits per heavy atom. The zero-order chi connectivity index (χ0) is 50.3. The molecular formula is C45H52N8O14S2. The molecule has 2 atom stereocenters. The predicted octanol–water partition coefficient (Wildman–Crippen LogP) is 5.20. The van der Waals surface area contributed by atoms with Crippen molar-refractivity contribution in [3.8, 4) is 5.75 Å². The van der Waals surface area contributed by atoms with Crippen LogP contribution < -0.4 is 20.7 Å². The van der Waals surface area contributed by atoms with Gasteiger partial charge in [-0.2, -0.15) is 13.5 Å². The molecule has 3 heterocycles. The van der Waals surface area contributed by atoms with Crippen molar-refractivity contribution in [2.75, 3.05) is 25.0 Å². The maximum atomic E-state index is 14.4. The van der Waals surface area contributed by atoms with Gasteiger partial charge in [-0.1, -0.05) is 65.8 Å². The summed E-state index contributed by atoms with van der Waals surface area (Å²) in [5.41, 5.74) is -1.43. The number of carbonyl (C=O) groups excluding carboxylic acids is 4. The number of thiazole rings is 1. The molecule has 24 heteroatoms. The molecule has 0 bridgehead atoms. The number of likely N-dealkylation sites (tertiary alicyclic amines) is 1. The van der Waals surface area contributed by atoms with Gasteiger partial charge in [0.1, 0.15) is 35.5 Å². The molecule has 3 aromatic carbocycles. The van der Waals surface area contributed by atoms with Crippen molar-refractivity contribution in [1.82, 2.24) is 25.6 Å². The molecular weight excluding hydrogens is 941 g/mol. The topological polar surface area (TPSA) is 298 Å². The van der Waals surface area contributed by atoms with Crippen molar-refractivity contribution in [1.29, 1.82) is 5.41 Å². The first-order valence-electron chi connectivity index (χ1n) is 21.4. The van der Waals surface area contributed by atoms with Crippen molar-refractivity contribution in [3.63, 3.8) is 0 Å². The average molecular weight is 993 g/mol. The Kier molecular flexibility index (Phi) is 15.9. The van der Waals surface area contributed by atoms with E-state index in [0.29, 0.717) is 52.6 Å². The Morgan fingerprint density at radius 3 is 2.09 bits per heavy atom. The van der Waals surface area contributed by atoms with Crippen LogP contribution in [0.5, 0.6) is 5.75 Å². The lowest BCUT2D eigenvalue weighted by molar-refractivity contribution is -0.218. The van der Waals surface area contributed by atoms with E-state index >= 15 is 0 Å². The van der Waals surface area contributed by atoms with Crippen molar-refractivity contribution < 1.29 is 65.4 Å². The van der Waals surface area contributed by atoms with Crippen molar-refractivity contribution in [2.24, 2.45) is 5.16 Å². The number of nitrogens with zero attached hydrogens (tertiary/aromatic N) is 4. The minimum atomic E-state index is -5.12. The maximum Gasteiger partial charge on any atom is 0.418 e. The van der Waals surface area contributed by atoms with Crippen molar-refractivity contribution in [3.05, 3.63) is 112 Å².